The van der Waals surface area contributed by atoms with Gasteiger partial charge in [0.1, 0.15) is 11.6 Å². The van der Waals surface area contributed by atoms with Crippen LogP contribution in [-0.4, -0.2) is 64.9 Å². The highest BCUT2D eigenvalue weighted by Crippen LogP contribution is 2.32. The number of rotatable bonds is 14. The Bertz CT molecular complexity index is 1110. The molecule has 0 saturated carbocycles. The fourth-order valence-corrected chi connectivity index (χ4v) is 4.53. The topological polar surface area (TPSA) is 69.0 Å². The number of hydrogen-bond donors (Lipinski definition) is 1. The van der Waals surface area contributed by atoms with Crippen molar-refractivity contribution in [1.29, 1.82) is 0 Å². The van der Waals surface area contributed by atoms with Crippen LogP contribution in [0.1, 0.15) is 31.0 Å². The normalized spacial score (nSPS) is 16.3. The van der Waals surface area contributed by atoms with Crippen molar-refractivity contribution in [3.05, 3.63) is 84.3 Å². The number of aryl methyl sites for hydroxylation is 1. The molecule has 0 radical (unpaired) electrons. The molecule has 1 aromatic heterocycles. The molecule has 1 N–H and O–H groups in total. The molecule has 2 aromatic carbocycles. The van der Waals surface area contributed by atoms with Crippen molar-refractivity contribution in [1.82, 2.24) is 14.7 Å². The quantitative estimate of drug-likeness (QED) is 0.246. The summed E-state index contributed by atoms with van der Waals surface area (Å²) in [6.07, 6.45) is 3.83. The number of aliphatic hydroxyl groups excluding tert-OH is 1. The predicted octanol–water partition coefficient (Wildman–Crippen LogP) is 4.91. The molecular formula is C29H36FN3O4. The van der Waals surface area contributed by atoms with E-state index in [4.69, 9.17) is 19.3 Å². The molecule has 0 amide bonds. The first-order chi connectivity index (χ1) is 18.1. The smallest absolute Gasteiger partial charge is 0.227 e. The van der Waals surface area contributed by atoms with Gasteiger partial charge >= 0.3 is 0 Å². The van der Waals surface area contributed by atoms with Crippen LogP contribution in [-0.2, 0) is 22.4 Å². The predicted molar refractivity (Wildman–Crippen MR) is 141 cm³/mol. The summed E-state index contributed by atoms with van der Waals surface area (Å²) in [5, 5.41) is 15.6. The number of ether oxygens (including phenoxy) is 3. The molecule has 4 rings (SSSR count). The first kappa shape index (κ1) is 27.0. The highest BCUT2D eigenvalue weighted by Gasteiger charge is 2.26. The van der Waals surface area contributed by atoms with Gasteiger partial charge in [-0.15, -0.1) is 6.58 Å². The van der Waals surface area contributed by atoms with Gasteiger partial charge in [-0.05, 0) is 55.7 Å². The van der Waals surface area contributed by atoms with Gasteiger partial charge in [-0.2, -0.15) is 5.10 Å². The third kappa shape index (κ3) is 7.49. The van der Waals surface area contributed by atoms with E-state index in [9.17, 15) is 9.50 Å². The number of aliphatic hydroxyl groups is 1. The third-order valence-corrected chi connectivity index (χ3v) is 6.27. The van der Waals surface area contributed by atoms with Crippen molar-refractivity contribution in [2.24, 2.45) is 0 Å². The summed E-state index contributed by atoms with van der Waals surface area (Å²) < 4.78 is 33.1. The number of para-hydroxylation sites is 1. The minimum Gasteiger partial charge on any atom is -0.439 e. The molecule has 37 heavy (non-hydrogen) atoms. The van der Waals surface area contributed by atoms with Gasteiger partial charge in [-0.25, -0.2) is 9.07 Å². The van der Waals surface area contributed by atoms with E-state index in [1.54, 1.807) is 22.9 Å². The molecule has 7 nitrogen and oxygen atoms in total. The lowest BCUT2D eigenvalue weighted by molar-refractivity contribution is 0.00835. The zero-order valence-electron chi connectivity index (χ0n) is 21.4. The number of hydrogen-bond acceptors (Lipinski definition) is 6. The lowest BCUT2D eigenvalue weighted by atomic mass is 10.1. The van der Waals surface area contributed by atoms with Crippen LogP contribution in [0.3, 0.4) is 0 Å². The Hall–Kier alpha value is -3.04. The largest absolute Gasteiger partial charge is 0.439 e. The average molecular weight is 510 g/mol. The summed E-state index contributed by atoms with van der Waals surface area (Å²) in [4.78, 5) is 2.18. The SMILES string of the molecule is C=CCOCC(O)CN(Cc1c(CC)nn(-c2ccccc2)c1Oc1ccc(F)cc1)CC1CCCO1. The van der Waals surface area contributed by atoms with Crippen LogP contribution >= 0.6 is 0 Å². The van der Waals surface area contributed by atoms with Gasteiger partial charge in [0.25, 0.3) is 0 Å². The van der Waals surface area contributed by atoms with Crippen molar-refractivity contribution in [3.8, 4) is 17.3 Å². The van der Waals surface area contributed by atoms with Crippen LogP contribution in [0.2, 0.25) is 0 Å². The molecule has 0 bridgehead atoms. The van der Waals surface area contributed by atoms with Crippen LogP contribution in [0.15, 0.2) is 67.3 Å². The molecule has 1 aliphatic rings. The first-order valence-corrected chi connectivity index (χ1v) is 12.9. The first-order valence-electron chi connectivity index (χ1n) is 12.9. The second-order valence-corrected chi connectivity index (χ2v) is 9.20. The third-order valence-electron chi connectivity index (χ3n) is 6.27. The summed E-state index contributed by atoms with van der Waals surface area (Å²) in [6, 6.07) is 15.8. The highest BCUT2D eigenvalue weighted by molar-refractivity contribution is 5.43. The molecular weight excluding hydrogens is 473 g/mol. The van der Waals surface area contributed by atoms with E-state index in [1.165, 1.54) is 12.1 Å². The van der Waals surface area contributed by atoms with Gasteiger partial charge < -0.3 is 19.3 Å². The summed E-state index contributed by atoms with van der Waals surface area (Å²) >= 11 is 0. The van der Waals surface area contributed by atoms with Crippen LogP contribution in [0.4, 0.5) is 4.39 Å². The van der Waals surface area contributed by atoms with E-state index in [-0.39, 0.29) is 18.5 Å². The molecule has 198 valence electrons. The Kier molecular flexibility index (Phi) is 9.85. The van der Waals surface area contributed by atoms with Crippen LogP contribution in [0, 0.1) is 5.82 Å². The Balaban J connectivity index is 1.67. The van der Waals surface area contributed by atoms with E-state index in [2.05, 4.69) is 18.4 Å². The maximum atomic E-state index is 13.6. The minimum atomic E-state index is -0.669. The van der Waals surface area contributed by atoms with Crippen molar-refractivity contribution >= 4 is 0 Å². The monoisotopic (exact) mass is 509 g/mol. The molecule has 2 atom stereocenters. The van der Waals surface area contributed by atoms with E-state index in [0.29, 0.717) is 44.3 Å². The van der Waals surface area contributed by atoms with Gasteiger partial charge in [-0.3, -0.25) is 4.90 Å². The molecule has 0 aliphatic carbocycles. The van der Waals surface area contributed by atoms with Gasteiger partial charge in [0, 0.05) is 26.2 Å². The van der Waals surface area contributed by atoms with E-state index in [1.807, 2.05) is 30.3 Å². The zero-order valence-corrected chi connectivity index (χ0v) is 21.4. The van der Waals surface area contributed by atoms with Crippen molar-refractivity contribution in [3.63, 3.8) is 0 Å². The molecule has 1 fully saturated rings. The van der Waals surface area contributed by atoms with Crippen LogP contribution < -0.4 is 4.74 Å². The van der Waals surface area contributed by atoms with Crippen molar-refractivity contribution in [2.75, 3.05) is 32.9 Å². The number of nitrogens with zero attached hydrogens (tertiary/aromatic N) is 3. The van der Waals surface area contributed by atoms with E-state index < -0.39 is 6.10 Å². The number of aromatic nitrogens is 2. The second kappa shape index (κ2) is 13.5. The van der Waals surface area contributed by atoms with Crippen LogP contribution in [0.5, 0.6) is 11.6 Å². The standard InChI is InChI=1S/C29H36FN3O4/c1-3-16-35-21-24(34)18-32(19-26-11-8-17-36-26)20-27-28(4-2)31-33(23-9-6-5-7-10-23)29(27)37-25-14-12-22(30)13-15-25/h3,5-7,9-10,12-15,24,26,34H,1,4,8,11,16-21H2,2H3. The Labute approximate surface area is 218 Å². The van der Waals surface area contributed by atoms with Gasteiger partial charge in [-0.1, -0.05) is 31.2 Å². The molecule has 1 aliphatic heterocycles. The maximum absolute atomic E-state index is 13.6. The van der Waals surface area contributed by atoms with E-state index in [0.717, 1.165) is 36.4 Å². The Morgan fingerprint density at radius 1 is 1.24 bits per heavy atom. The summed E-state index contributed by atoms with van der Waals surface area (Å²) in [5.41, 5.74) is 2.69. The number of halogens is 1. The Morgan fingerprint density at radius 3 is 2.70 bits per heavy atom. The minimum absolute atomic E-state index is 0.108. The average Bonchev–Trinajstić information content (AvgIpc) is 3.54. The van der Waals surface area contributed by atoms with Gasteiger partial charge in [0.2, 0.25) is 5.88 Å². The summed E-state index contributed by atoms with van der Waals surface area (Å²) in [6.45, 7) is 8.68. The fourth-order valence-electron chi connectivity index (χ4n) is 4.53. The molecule has 0 spiro atoms. The zero-order chi connectivity index (χ0) is 26.0. The van der Waals surface area contributed by atoms with Crippen LogP contribution in [0.25, 0.3) is 5.69 Å². The van der Waals surface area contributed by atoms with Gasteiger partial charge in [0.15, 0.2) is 0 Å². The molecule has 1 saturated heterocycles. The lowest BCUT2D eigenvalue weighted by Gasteiger charge is -2.27. The second-order valence-electron chi connectivity index (χ2n) is 9.20. The molecule has 2 unspecified atom stereocenters. The number of benzene rings is 2. The Morgan fingerprint density at radius 2 is 2.03 bits per heavy atom. The highest BCUT2D eigenvalue weighted by atomic mass is 19.1. The molecule has 8 heteroatoms. The van der Waals surface area contributed by atoms with Crippen molar-refractivity contribution < 1.29 is 23.7 Å². The molecule has 2 heterocycles. The summed E-state index contributed by atoms with van der Waals surface area (Å²) in [5.74, 6) is 0.768. The lowest BCUT2D eigenvalue weighted by Crippen LogP contribution is -2.39. The van der Waals surface area contributed by atoms with Gasteiger partial charge in [0.05, 0.1) is 42.4 Å². The van der Waals surface area contributed by atoms with E-state index >= 15 is 0 Å². The fraction of sp³-hybridized carbons (Fsp3) is 0.414. The van der Waals surface area contributed by atoms with Crippen molar-refractivity contribution in [2.45, 2.75) is 44.9 Å². The maximum Gasteiger partial charge on any atom is 0.227 e. The summed E-state index contributed by atoms with van der Waals surface area (Å²) in [7, 11) is 0. The molecule has 3 aromatic rings.